The molecule has 0 saturated heterocycles. The zero-order valence-electron chi connectivity index (χ0n) is 10.3. The summed E-state index contributed by atoms with van der Waals surface area (Å²) in [6, 6.07) is 11.5. The quantitative estimate of drug-likeness (QED) is 0.676. The first-order valence-corrected chi connectivity index (χ1v) is 6.62. The fraction of sp³-hybridized carbons (Fsp3) is 0.200. The average Bonchev–Trinajstić information content (AvgIpc) is 2.35. The van der Waals surface area contributed by atoms with Crippen LogP contribution < -0.4 is 4.74 Å². The maximum Gasteiger partial charge on any atom is 0.133 e. The summed E-state index contributed by atoms with van der Waals surface area (Å²) in [6.07, 6.45) is 0. The van der Waals surface area contributed by atoms with Gasteiger partial charge in [-0.05, 0) is 43.2 Å². The number of halogens is 2. The second kappa shape index (κ2) is 5.64. The fourth-order valence-electron chi connectivity index (χ4n) is 1.72. The van der Waals surface area contributed by atoms with Gasteiger partial charge < -0.3 is 4.74 Å². The normalized spacial score (nSPS) is 10.4. The zero-order valence-corrected chi connectivity index (χ0v) is 11.8. The molecule has 3 heteroatoms. The highest BCUT2D eigenvalue weighted by atomic mass is 35.5. The third-order valence-electron chi connectivity index (χ3n) is 2.98. The molecule has 0 aliphatic rings. The second-order valence-corrected chi connectivity index (χ2v) is 4.82. The molecule has 0 N–H and O–H groups in total. The molecular formula is C15H14Cl2O. The van der Waals surface area contributed by atoms with Gasteiger partial charge in [-0.1, -0.05) is 29.8 Å². The first-order chi connectivity index (χ1) is 8.63. The lowest BCUT2D eigenvalue weighted by molar-refractivity contribution is 0.474. The van der Waals surface area contributed by atoms with E-state index in [-0.39, 0.29) is 0 Å². The summed E-state index contributed by atoms with van der Waals surface area (Å²) in [5.41, 5.74) is 3.14. The number of aryl methyl sites for hydroxylation is 1. The lowest BCUT2D eigenvalue weighted by Gasteiger charge is -2.13. The van der Waals surface area contributed by atoms with E-state index in [1.165, 1.54) is 5.56 Å². The molecule has 2 aromatic carbocycles. The molecule has 0 amide bonds. The minimum atomic E-state index is 0.333. The first-order valence-electron chi connectivity index (χ1n) is 5.71. The van der Waals surface area contributed by atoms with E-state index >= 15 is 0 Å². The van der Waals surface area contributed by atoms with Crippen molar-refractivity contribution in [3.8, 4) is 11.5 Å². The van der Waals surface area contributed by atoms with E-state index in [2.05, 4.69) is 13.0 Å². The molecule has 94 valence electrons. The van der Waals surface area contributed by atoms with E-state index in [0.717, 1.165) is 16.9 Å². The van der Waals surface area contributed by atoms with Crippen LogP contribution in [0.15, 0.2) is 36.4 Å². The van der Waals surface area contributed by atoms with Crippen LogP contribution in [0.2, 0.25) is 5.02 Å². The Labute approximate surface area is 117 Å². The number of hydrogen-bond acceptors (Lipinski definition) is 1. The minimum absolute atomic E-state index is 0.333. The second-order valence-electron chi connectivity index (χ2n) is 4.15. The summed E-state index contributed by atoms with van der Waals surface area (Å²) in [5, 5.41) is 0.632. The van der Waals surface area contributed by atoms with Gasteiger partial charge >= 0.3 is 0 Å². The van der Waals surface area contributed by atoms with E-state index < -0.39 is 0 Å². The molecule has 0 saturated carbocycles. The van der Waals surface area contributed by atoms with Crippen LogP contribution in [0.5, 0.6) is 11.5 Å². The van der Waals surface area contributed by atoms with Crippen molar-refractivity contribution in [2.45, 2.75) is 19.7 Å². The summed E-state index contributed by atoms with van der Waals surface area (Å²) in [4.78, 5) is 0. The third kappa shape index (κ3) is 2.63. The molecule has 0 aliphatic heterocycles. The van der Waals surface area contributed by atoms with Crippen LogP contribution in [0.25, 0.3) is 0 Å². The highest BCUT2D eigenvalue weighted by molar-refractivity contribution is 6.32. The minimum Gasteiger partial charge on any atom is -0.457 e. The van der Waals surface area contributed by atoms with Crippen molar-refractivity contribution in [3.63, 3.8) is 0 Å². The fourth-order valence-corrected chi connectivity index (χ4v) is 2.29. The largest absolute Gasteiger partial charge is 0.457 e. The van der Waals surface area contributed by atoms with Gasteiger partial charge in [0.1, 0.15) is 11.5 Å². The van der Waals surface area contributed by atoms with Crippen LogP contribution in [0.4, 0.5) is 0 Å². The molecule has 2 rings (SSSR count). The van der Waals surface area contributed by atoms with E-state index in [9.17, 15) is 0 Å². The molecule has 0 unspecified atom stereocenters. The number of rotatable bonds is 3. The molecule has 0 aliphatic carbocycles. The lowest BCUT2D eigenvalue weighted by atomic mass is 10.1. The predicted molar refractivity (Wildman–Crippen MR) is 77.0 cm³/mol. The van der Waals surface area contributed by atoms with Crippen molar-refractivity contribution < 1.29 is 4.74 Å². The van der Waals surface area contributed by atoms with Crippen molar-refractivity contribution in [3.05, 3.63) is 58.1 Å². The number of alkyl halides is 1. The summed E-state index contributed by atoms with van der Waals surface area (Å²) in [7, 11) is 0. The molecule has 2 aromatic rings. The maximum absolute atomic E-state index is 6.10. The van der Waals surface area contributed by atoms with Crippen molar-refractivity contribution >= 4 is 23.2 Å². The van der Waals surface area contributed by atoms with Gasteiger partial charge in [-0.15, -0.1) is 11.6 Å². The Morgan fingerprint density at radius 3 is 2.39 bits per heavy atom. The molecule has 0 heterocycles. The smallest absolute Gasteiger partial charge is 0.133 e. The van der Waals surface area contributed by atoms with E-state index in [1.807, 2.05) is 37.3 Å². The molecule has 1 nitrogen and oxygen atoms in total. The topological polar surface area (TPSA) is 9.23 Å². The van der Waals surface area contributed by atoms with Crippen molar-refractivity contribution in [1.29, 1.82) is 0 Å². The van der Waals surface area contributed by atoms with Crippen LogP contribution in [-0.2, 0) is 5.88 Å². The summed E-state index contributed by atoms with van der Waals surface area (Å²) >= 11 is 12.0. The number of hydrogen-bond donors (Lipinski definition) is 0. The predicted octanol–water partition coefficient (Wildman–Crippen LogP) is 5.49. The average molecular weight is 281 g/mol. The van der Waals surface area contributed by atoms with Crippen molar-refractivity contribution in [2.75, 3.05) is 0 Å². The van der Waals surface area contributed by atoms with Gasteiger partial charge in [0.15, 0.2) is 0 Å². The molecule has 0 fully saturated rings. The first kappa shape index (κ1) is 13.3. The summed E-state index contributed by atoms with van der Waals surface area (Å²) < 4.78 is 5.92. The van der Waals surface area contributed by atoms with Crippen LogP contribution in [0.1, 0.15) is 16.7 Å². The Morgan fingerprint density at radius 2 is 1.67 bits per heavy atom. The molecule has 0 spiro atoms. The Bertz CT molecular complexity index is 564. The Balaban J connectivity index is 2.40. The van der Waals surface area contributed by atoms with Crippen molar-refractivity contribution in [1.82, 2.24) is 0 Å². The molecular weight excluding hydrogens is 267 g/mol. The van der Waals surface area contributed by atoms with Gasteiger partial charge in [0.25, 0.3) is 0 Å². The molecule has 0 aromatic heterocycles. The summed E-state index contributed by atoms with van der Waals surface area (Å²) in [6.45, 7) is 4.10. The number of benzene rings is 2. The maximum atomic E-state index is 6.10. The van der Waals surface area contributed by atoms with Gasteiger partial charge in [-0.2, -0.15) is 0 Å². The van der Waals surface area contributed by atoms with Gasteiger partial charge in [-0.25, -0.2) is 0 Å². The molecule has 0 bridgehead atoms. The number of ether oxygens (including phenoxy) is 1. The van der Waals surface area contributed by atoms with Gasteiger partial charge in [0.2, 0.25) is 0 Å². The Kier molecular flexibility index (Phi) is 4.15. The monoisotopic (exact) mass is 280 g/mol. The van der Waals surface area contributed by atoms with Crippen molar-refractivity contribution in [2.24, 2.45) is 0 Å². The SMILES string of the molecule is Cc1cccc(Oc2cccc(Cl)c2CCl)c1C. The van der Waals surface area contributed by atoms with Crippen LogP contribution in [0.3, 0.4) is 0 Å². The Hall–Kier alpha value is -1.18. The highest BCUT2D eigenvalue weighted by Crippen LogP contribution is 2.33. The van der Waals surface area contributed by atoms with Gasteiger partial charge in [-0.3, -0.25) is 0 Å². The van der Waals surface area contributed by atoms with Crippen LogP contribution in [0, 0.1) is 13.8 Å². The third-order valence-corrected chi connectivity index (χ3v) is 3.61. The highest BCUT2D eigenvalue weighted by Gasteiger charge is 2.09. The lowest BCUT2D eigenvalue weighted by Crippen LogP contribution is -1.93. The molecule has 0 radical (unpaired) electrons. The zero-order chi connectivity index (χ0) is 13.1. The van der Waals surface area contributed by atoms with E-state index in [0.29, 0.717) is 16.7 Å². The van der Waals surface area contributed by atoms with E-state index in [1.54, 1.807) is 0 Å². The van der Waals surface area contributed by atoms with Crippen LogP contribution in [-0.4, -0.2) is 0 Å². The van der Waals surface area contributed by atoms with E-state index in [4.69, 9.17) is 27.9 Å². The van der Waals surface area contributed by atoms with Gasteiger partial charge in [0, 0.05) is 10.6 Å². The summed E-state index contributed by atoms with van der Waals surface area (Å²) in [5.74, 6) is 1.88. The molecule has 18 heavy (non-hydrogen) atoms. The van der Waals surface area contributed by atoms with Gasteiger partial charge in [0.05, 0.1) is 5.88 Å². The molecule has 0 atom stereocenters. The van der Waals surface area contributed by atoms with Crippen LogP contribution >= 0.6 is 23.2 Å². The standard InChI is InChI=1S/C15H14Cl2O/c1-10-5-3-7-14(11(10)2)18-15-8-4-6-13(17)12(15)9-16/h3-8H,9H2,1-2H3. The Morgan fingerprint density at radius 1 is 1.00 bits per heavy atom.